The molecule has 3 aromatic rings. The third-order valence-electron chi connectivity index (χ3n) is 4.60. The molecule has 29 heavy (non-hydrogen) atoms. The average Bonchev–Trinajstić information content (AvgIpc) is 3.46. The molecule has 0 unspecified atom stereocenters. The molecule has 0 atom stereocenters. The van der Waals surface area contributed by atoms with Crippen molar-refractivity contribution in [2.24, 2.45) is 0 Å². The molecule has 1 amide bonds. The molecule has 0 aliphatic heterocycles. The van der Waals surface area contributed by atoms with Crippen LogP contribution in [0, 0.1) is 5.82 Å². The smallest absolute Gasteiger partial charge is 0.234 e. The highest BCUT2D eigenvalue weighted by molar-refractivity contribution is 7.99. The van der Waals surface area contributed by atoms with Crippen LogP contribution in [0.25, 0.3) is 11.4 Å². The van der Waals surface area contributed by atoms with Crippen LogP contribution >= 0.6 is 11.8 Å². The highest BCUT2D eigenvalue weighted by atomic mass is 32.2. The molecular weight excluding hydrogens is 391 g/mol. The lowest BCUT2D eigenvalue weighted by Gasteiger charge is -2.10. The summed E-state index contributed by atoms with van der Waals surface area (Å²) in [5, 5.41) is 11.7. The summed E-state index contributed by atoms with van der Waals surface area (Å²) in [6.45, 7) is 1.46. The van der Waals surface area contributed by atoms with Gasteiger partial charge in [-0.2, -0.15) is 0 Å². The SMILES string of the molecule is CC(=O)c1ccccc1NC(=O)CSc1nnc(-c2ccccc2F)n1C1CC1. The fourth-order valence-corrected chi connectivity index (χ4v) is 3.88. The van der Waals surface area contributed by atoms with Gasteiger partial charge in [0.15, 0.2) is 16.8 Å². The van der Waals surface area contributed by atoms with E-state index in [1.807, 2.05) is 4.57 Å². The molecular formula is C21H19FN4O2S. The maximum absolute atomic E-state index is 14.2. The Kier molecular flexibility index (Phi) is 5.44. The first-order valence-corrected chi connectivity index (χ1v) is 10.3. The third-order valence-corrected chi connectivity index (χ3v) is 5.55. The number of benzene rings is 2. The fourth-order valence-electron chi connectivity index (χ4n) is 3.08. The molecule has 148 valence electrons. The molecule has 1 aromatic heterocycles. The Balaban J connectivity index is 1.50. The molecule has 1 aliphatic rings. The Morgan fingerprint density at radius 1 is 1.14 bits per heavy atom. The number of hydrogen-bond acceptors (Lipinski definition) is 5. The van der Waals surface area contributed by atoms with Crippen LogP contribution in [0.1, 0.15) is 36.2 Å². The van der Waals surface area contributed by atoms with E-state index in [0.717, 1.165) is 12.8 Å². The lowest BCUT2D eigenvalue weighted by atomic mass is 10.1. The van der Waals surface area contributed by atoms with Crippen LogP contribution < -0.4 is 5.32 Å². The summed E-state index contributed by atoms with van der Waals surface area (Å²) >= 11 is 1.25. The maximum atomic E-state index is 14.2. The molecule has 1 saturated carbocycles. The topological polar surface area (TPSA) is 76.9 Å². The Labute approximate surface area is 171 Å². The van der Waals surface area contributed by atoms with Crippen molar-refractivity contribution in [3.05, 3.63) is 59.9 Å². The summed E-state index contributed by atoms with van der Waals surface area (Å²) in [7, 11) is 0. The molecule has 0 saturated heterocycles. The van der Waals surface area contributed by atoms with Crippen molar-refractivity contribution in [1.29, 1.82) is 0 Å². The van der Waals surface area contributed by atoms with Crippen LogP contribution in [0.5, 0.6) is 0 Å². The molecule has 0 radical (unpaired) electrons. The number of ketones is 1. The summed E-state index contributed by atoms with van der Waals surface area (Å²) in [5.74, 6) is -0.126. The minimum Gasteiger partial charge on any atom is -0.325 e. The van der Waals surface area contributed by atoms with Crippen molar-refractivity contribution >= 4 is 29.1 Å². The average molecular weight is 410 g/mol. The number of carbonyl (C=O) groups is 2. The van der Waals surface area contributed by atoms with Gasteiger partial charge in [-0.1, -0.05) is 36.0 Å². The predicted molar refractivity (Wildman–Crippen MR) is 109 cm³/mol. The van der Waals surface area contributed by atoms with E-state index in [-0.39, 0.29) is 29.3 Å². The van der Waals surface area contributed by atoms with Gasteiger partial charge in [-0.05, 0) is 44.0 Å². The number of nitrogens with one attached hydrogen (secondary N) is 1. The number of thioether (sulfide) groups is 1. The number of carbonyl (C=O) groups excluding carboxylic acids is 2. The second kappa shape index (κ2) is 8.16. The second-order valence-corrected chi connectivity index (χ2v) is 7.77. The second-order valence-electron chi connectivity index (χ2n) is 6.83. The number of halogens is 1. The zero-order valence-corrected chi connectivity index (χ0v) is 16.6. The number of anilines is 1. The summed E-state index contributed by atoms with van der Waals surface area (Å²) in [4.78, 5) is 24.1. The summed E-state index contributed by atoms with van der Waals surface area (Å²) in [6.07, 6.45) is 1.95. The molecule has 4 rings (SSSR count). The molecule has 1 heterocycles. The number of nitrogens with zero attached hydrogens (tertiary/aromatic N) is 3. The van der Waals surface area contributed by atoms with E-state index in [4.69, 9.17) is 0 Å². The number of para-hydroxylation sites is 1. The molecule has 1 fully saturated rings. The highest BCUT2D eigenvalue weighted by Crippen LogP contribution is 2.41. The van der Waals surface area contributed by atoms with E-state index >= 15 is 0 Å². The molecule has 8 heteroatoms. The monoisotopic (exact) mass is 410 g/mol. The lowest BCUT2D eigenvalue weighted by Crippen LogP contribution is -2.16. The van der Waals surface area contributed by atoms with E-state index in [1.165, 1.54) is 24.8 Å². The van der Waals surface area contributed by atoms with E-state index in [0.29, 0.717) is 27.8 Å². The minimum absolute atomic E-state index is 0.106. The van der Waals surface area contributed by atoms with Crippen molar-refractivity contribution in [2.75, 3.05) is 11.1 Å². The Hall–Kier alpha value is -3.00. The van der Waals surface area contributed by atoms with E-state index in [2.05, 4.69) is 15.5 Å². The molecule has 1 N–H and O–H groups in total. The van der Waals surface area contributed by atoms with Gasteiger partial charge in [-0.25, -0.2) is 4.39 Å². The van der Waals surface area contributed by atoms with Crippen LogP contribution in [0.2, 0.25) is 0 Å². The number of hydrogen-bond donors (Lipinski definition) is 1. The molecule has 0 spiro atoms. The normalized spacial score (nSPS) is 13.3. The summed E-state index contributed by atoms with van der Waals surface area (Å²) in [5.41, 5.74) is 1.36. The van der Waals surface area contributed by atoms with Gasteiger partial charge >= 0.3 is 0 Å². The van der Waals surface area contributed by atoms with E-state index in [9.17, 15) is 14.0 Å². The first-order valence-electron chi connectivity index (χ1n) is 9.27. The van der Waals surface area contributed by atoms with Gasteiger partial charge in [0.25, 0.3) is 0 Å². The Bertz CT molecular complexity index is 1080. The zero-order valence-electron chi connectivity index (χ0n) is 15.8. The van der Waals surface area contributed by atoms with Crippen LogP contribution in [-0.2, 0) is 4.79 Å². The standard InChI is InChI=1S/C21H19FN4O2S/c1-13(27)15-6-3-5-9-18(15)23-19(28)12-29-21-25-24-20(26(21)14-10-11-14)16-7-2-4-8-17(16)22/h2-9,14H,10-12H2,1H3,(H,23,28). The number of aromatic nitrogens is 3. The van der Waals surface area contributed by atoms with Crippen molar-refractivity contribution in [3.63, 3.8) is 0 Å². The third kappa shape index (κ3) is 4.22. The maximum Gasteiger partial charge on any atom is 0.234 e. The predicted octanol–water partition coefficient (Wildman–Crippen LogP) is 4.35. The quantitative estimate of drug-likeness (QED) is 0.463. The van der Waals surface area contributed by atoms with E-state index in [1.54, 1.807) is 42.5 Å². The van der Waals surface area contributed by atoms with Crippen molar-refractivity contribution in [2.45, 2.75) is 31.0 Å². The zero-order chi connectivity index (χ0) is 20.4. The first-order chi connectivity index (χ1) is 14.0. The van der Waals surface area contributed by atoms with Gasteiger partial charge in [-0.15, -0.1) is 10.2 Å². The Morgan fingerprint density at radius 3 is 2.59 bits per heavy atom. The van der Waals surface area contributed by atoms with Crippen LogP contribution in [0.15, 0.2) is 53.7 Å². The van der Waals surface area contributed by atoms with Crippen molar-refractivity contribution in [1.82, 2.24) is 14.8 Å². The van der Waals surface area contributed by atoms with Crippen LogP contribution in [-0.4, -0.2) is 32.2 Å². The lowest BCUT2D eigenvalue weighted by molar-refractivity contribution is -0.113. The van der Waals surface area contributed by atoms with Gasteiger partial charge in [0.05, 0.1) is 17.0 Å². The van der Waals surface area contributed by atoms with Crippen molar-refractivity contribution in [3.8, 4) is 11.4 Å². The van der Waals surface area contributed by atoms with Crippen LogP contribution in [0.4, 0.5) is 10.1 Å². The first kappa shape index (κ1) is 19.3. The van der Waals surface area contributed by atoms with Gasteiger partial charge in [0.2, 0.25) is 5.91 Å². The van der Waals surface area contributed by atoms with Gasteiger partial charge in [-0.3, -0.25) is 14.2 Å². The van der Waals surface area contributed by atoms with Gasteiger partial charge in [0.1, 0.15) is 5.82 Å². The number of rotatable bonds is 7. The molecule has 1 aliphatic carbocycles. The molecule has 6 nitrogen and oxygen atoms in total. The van der Waals surface area contributed by atoms with Crippen molar-refractivity contribution < 1.29 is 14.0 Å². The largest absolute Gasteiger partial charge is 0.325 e. The highest BCUT2D eigenvalue weighted by Gasteiger charge is 2.31. The number of Topliss-reactive ketones (excluding diaryl/α,β-unsaturated/α-hetero) is 1. The summed E-state index contributed by atoms with van der Waals surface area (Å²) in [6, 6.07) is 13.6. The Morgan fingerprint density at radius 2 is 1.86 bits per heavy atom. The van der Waals surface area contributed by atoms with Crippen LogP contribution in [0.3, 0.4) is 0 Å². The minimum atomic E-state index is -0.350. The van der Waals surface area contributed by atoms with Gasteiger partial charge < -0.3 is 5.32 Å². The summed E-state index contributed by atoms with van der Waals surface area (Å²) < 4.78 is 16.1. The van der Waals surface area contributed by atoms with E-state index < -0.39 is 0 Å². The fraction of sp³-hybridized carbons (Fsp3) is 0.238. The van der Waals surface area contributed by atoms with Gasteiger partial charge in [0, 0.05) is 11.6 Å². The number of amides is 1. The molecule has 2 aromatic carbocycles. The molecule has 0 bridgehead atoms.